The molecular formula is C20H36N6O4. The van der Waals surface area contributed by atoms with Gasteiger partial charge in [0.05, 0.1) is 13.1 Å². The summed E-state index contributed by atoms with van der Waals surface area (Å²) in [7, 11) is 0. The highest BCUT2D eigenvalue weighted by Crippen LogP contribution is 2.23. The van der Waals surface area contributed by atoms with E-state index in [1.165, 1.54) is 6.42 Å². The van der Waals surface area contributed by atoms with E-state index in [0.717, 1.165) is 78.0 Å². The molecule has 30 heavy (non-hydrogen) atoms. The van der Waals surface area contributed by atoms with Crippen LogP contribution in [0.25, 0.3) is 0 Å². The SMILES string of the molecule is N=C(N)N1CCC(CCCCN2CC(CN3CCN(CC(=O)O)CC3)OC2=O)CC1. The van der Waals surface area contributed by atoms with Gasteiger partial charge in [-0.3, -0.25) is 20.0 Å². The first-order valence-corrected chi connectivity index (χ1v) is 11.1. The molecule has 0 aliphatic carbocycles. The van der Waals surface area contributed by atoms with E-state index in [2.05, 4.69) is 4.90 Å². The molecule has 3 rings (SSSR count). The summed E-state index contributed by atoms with van der Waals surface area (Å²) in [6.45, 7) is 7.06. The lowest BCUT2D eigenvalue weighted by Crippen LogP contribution is -2.50. The summed E-state index contributed by atoms with van der Waals surface area (Å²) in [4.78, 5) is 30.9. The molecular weight excluding hydrogens is 388 g/mol. The molecule has 3 heterocycles. The lowest BCUT2D eigenvalue weighted by molar-refractivity contribution is -0.138. The molecule has 3 aliphatic heterocycles. The van der Waals surface area contributed by atoms with Crippen LogP contribution in [-0.4, -0.2) is 114 Å². The number of likely N-dealkylation sites (tertiary alicyclic amines) is 1. The van der Waals surface area contributed by atoms with E-state index in [-0.39, 0.29) is 24.7 Å². The topological polar surface area (TPSA) is 126 Å². The molecule has 0 aromatic rings. The van der Waals surface area contributed by atoms with Crippen LogP contribution in [0.4, 0.5) is 4.79 Å². The van der Waals surface area contributed by atoms with Gasteiger partial charge in [-0.2, -0.15) is 0 Å². The standard InChI is InChI=1S/C20H36N6O4/c21-19(22)25-7-4-16(5-8-25)3-1-2-6-26-14-17(30-20(26)29)13-23-9-11-24(12-10-23)15-18(27)28/h16-17H,1-15H2,(H3,21,22)(H,27,28). The van der Waals surface area contributed by atoms with Gasteiger partial charge in [0.15, 0.2) is 5.96 Å². The van der Waals surface area contributed by atoms with E-state index < -0.39 is 5.97 Å². The van der Waals surface area contributed by atoms with Crippen molar-refractivity contribution in [2.75, 3.05) is 65.4 Å². The van der Waals surface area contributed by atoms with Crippen molar-refractivity contribution in [3.05, 3.63) is 0 Å². The fourth-order valence-electron chi connectivity index (χ4n) is 4.66. The average Bonchev–Trinajstić information content (AvgIpc) is 3.05. The summed E-state index contributed by atoms with van der Waals surface area (Å²) < 4.78 is 5.55. The average molecular weight is 425 g/mol. The molecule has 0 aromatic heterocycles. The molecule has 3 aliphatic rings. The van der Waals surface area contributed by atoms with Gasteiger partial charge in [0.1, 0.15) is 6.10 Å². The number of hydrogen-bond acceptors (Lipinski definition) is 6. The van der Waals surface area contributed by atoms with E-state index in [4.69, 9.17) is 21.0 Å². The molecule has 3 saturated heterocycles. The van der Waals surface area contributed by atoms with Crippen molar-refractivity contribution in [1.29, 1.82) is 5.41 Å². The maximum absolute atomic E-state index is 12.2. The van der Waals surface area contributed by atoms with Crippen LogP contribution in [0.2, 0.25) is 0 Å². The number of nitrogens with two attached hydrogens (primary N) is 1. The molecule has 1 amide bonds. The van der Waals surface area contributed by atoms with E-state index in [1.807, 2.05) is 14.7 Å². The lowest BCUT2D eigenvalue weighted by Gasteiger charge is -2.34. The van der Waals surface area contributed by atoms with Crippen LogP contribution in [0, 0.1) is 11.3 Å². The largest absolute Gasteiger partial charge is 0.480 e. The quantitative estimate of drug-likeness (QED) is 0.274. The second-order valence-corrected chi connectivity index (χ2v) is 8.73. The Bertz CT molecular complexity index is 602. The van der Waals surface area contributed by atoms with Crippen LogP contribution in [-0.2, 0) is 9.53 Å². The molecule has 0 bridgehead atoms. The van der Waals surface area contributed by atoms with Crippen molar-refractivity contribution >= 4 is 18.0 Å². The van der Waals surface area contributed by atoms with Gasteiger partial charge in [-0.15, -0.1) is 0 Å². The number of aliphatic carboxylic acids is 1. The number of piperidine rings is 1. The minimum Gasteiger partial charge on any atom is -0.480 e. The molecule has 1 unspecified atom stereocenters. The van der Waals surface area contributed by atoms with Gasteiger partial charge >= 0.3 is 12.1 Å². The highest BCUT2D eigenvalue weighted by Gasteiger charge is 2.33. The van der Waals surface area contributed by atoms with Gasteiger partial charge in [-0.05, 0) is 25.2 Å². The number of nitrogens with zero attached hydrogens (tertiary/aromatic N) is 4. The Morgan fingerprint density at radius 3 is 2.40 bits per heavy atom. The first-order chi connectivity index (χ1) is 14.4. The zero-order valence-electron chi connectivity index (χ0n) is 17.8. The van der Waals surface area contributed by atoms with E-state index >= 15 is 0 Å². The third-order valence-corrected chi connectivity index (χ3v) is 6.48. The molecule has 0 spiro atoms. The Kier molecular flexibility index (Phi) is 8.15. The number of unbranched alkanes of at least 4 members (excludes halogenated alkanes) is 1. The summed E-state index contributed by atoms with van der Waals surface area (Å²) in [5, 5.41) is 16.4. The van der Waals surface area contributed by atoms with Crippen molar-refractivity contribution in [2.45, 2.75) is 38.2 Å². The van der Waals surface area contributed by atoms with Crippen molar-refractivity contribution in [2.24, 2.45) is 11.7 Å². The van der Waals surface area contributed by atoms with E-state index in [0.29, 0.717) is 12.5 Å². The highest BCUT2D eigenvalue weighted by atomic mass is 16.6. The molecule has 0 radical (unpaired) electrons. The van der Waals surface area contributed by atoms with Crippen LogP contribution in [0.15, 0.2) is 0 Å². The molecule has 4 N–H and O–H groups in total. The number of rotatable bonds is 9. The monoisotopic (exact) mass is 424 g/mol. The Hall–Kier alpha value is -2.07. The van der Waals surface area contributed by atoms with Gasteiger partial charge in [0.25, 0.3) is 0 Å². The van der Waals surface area contributed by atoms with Crippen LogP contribution in [0.3, 0.4) is 0 Å². The van der Waals surface area contributed by atoms with Crippen LogP contribution in [0.1, 0.15) is 32.1 Å². The van der Waals surface area contributed by atoms with Crippen molar-refractivity contribution in [3.8, 4) is 0 Å². The number of carboxylic acids is 1. The van der Waals surface area contributed by atoms with Gasteiger partial charge in [0, 0.05) is 52.4 Å². The first kappa shape index (κ1) is 22.6. The fraction of sp³-hybridized carbons (Fsp3) is 0.850. The van der Waals surface area contributed by atoms with Gasteiger partial charge in [-0.25, -0.2) is 4.79 Å². The number of piperazine rings is 1. The number of carbonyl (C=O) groups excluding carboxylic acids is 1. The number of amides is 1. The molecule has 1 atom stereocenters. The number of hydrogen-bond donors (Lipinski definition) is 3. The van der Waals surface area contributed by atoms with E-state index in [9.17, 15) is 9.59 Å². The number of cyclic esters (lactones) is 1. The molecule has 10 heteroatoms. The maximum Gasteiger partial charge on any atom is 0.410 e. The Morgan fingerprint density at radius 1 is 1.10 bits per heavy atom. The second-order valence-electron chi connectivity index (χ2n) is 8.73. The minimum absolute atomic E-state index is 0.0931. The predicted molar refractivity (Wildman–Crippen MR) is 112 cm³/mol. The van der Waals surface area contributed by atoms with Crippen molar-refractivity contribution in [3.63, 3.8) is 0 Å². The summed E-state index contributed by atoms with van der Waals surface area (Å²) >= 11 is 0. The van der Waals surface area contributed by atoms with Crippen molar-refractivity contribution < 1.29 is 19.4 Å². The zero-order chi connectivity index (χ0) is 21.5. The number of nitrogens with one attached hydrogen (secondary N) is 1. The Morgan fingerprint density at radius 2 is 1.77 bits per heavy atom. The zero-order valence-corrected chi connectivity index (χ0v) is 17.8. The number of carbonyl (C=O) groups is 2. The third-order valence-electron chi connectivity index (χ3n) is 6.48. The smallest absolute Gasteiger partial charge is 0.410 e. The number of carboxylic acid groups (broad SMARTS) is 1. The predicted octanol–water partition coefficient (Wildman–Crippen LogP) is 0.285. The fourth-order valence-corrected chi connectivity index (χ4v) is 4.66. The minimum atomic E-state index is -0.787. The van der Waals surface area contributed by atoms with Gasteiger partial charge in [0.2, 0.25) is 0 Å². The highest BCUT2D eigenvalue weighted by molar-refractivity contribution is 5.74. The Balaban J connectivity index is 1.27. The van der Waals surface area contributed by atoms with Gasteiger partial charge in [-0.1, -0.05) is 12.8 Å². The summed E-state index contributed by atoms with van der Waals surface area (Å²) in [6, 6.07) is 0. The second kappa shape index (κ2) is 10.8. The third kappa shape index (κ3) is 6.73. The maximum atomic E-state index is 12.2. The van der Waals surface area contributed by atoms with E-state index in [1.54, 1.807) is 0 Å². The van der Waals surface area contributed by atoms with Crippen LogP contribution < -0.4 is 5.73 Å². The molecule has 170 valence electrons. The van der Waals surface area contributed by atoms with Crippen LogP contribution in [0.5, 0.6) is 0 Å². The summed E-state index contributed by atoms with van der Waals surface area (Å²) in [5.74, 6) is 0.0849. The first-order valence-electron chi connectivity index (χ1n) is 11.1. The molecule has 10 nitrogen and oxygen atoms in total. The molecule has 0 saturated carbocycles. The van der Waals surface area contributed by atoms with Crippen LogP contribution >= 0.6 is 0 Å². The summed E-state index contributed by atoms with van der Waals surface area (Å²) in [5.41, 5.74) is 5.54. The number of guanidine groups is 1. The Labute approximate surface area is 178 Å². The summed E-state index contributed by atoms with van der Waals surface area (Å²) in [6.07, 6.45) is 5.13. The number of ether oxygens (including phenoxy) is 1. The van der Waals surface area contributed by atoms with Crippen molar-refractivity contribution in [1.82, 2.24) is 19.6 Å². The lowest BCUT2D eigenvalue weighted by atomic mass is 9.91. The normalized spacial score (nSPS) is 24.3. The van der Waals surface area contributed by atoms with Gasteiger partial charge < -0.3 is 25.4 Å². The molecule has 0 aromatic carbocycles. The molecule has 3 fully saturated rings.